The van der Waals surface area contributed by atoms with Crippen molar-refractivity contribution >= 4 is 16.7 Å². The summed E-state index contributed by atoms with van der Waals surface area (Å²) in [7, 11) is 0. The van der Waals surface area contributed by atoms with Crippen LogP contribution in [0.15, 0.2) is 93.6 Å². The van der Waals surface area contributed by atoms with E-state index in [0.29, 0.717) is 46.7 Å². The third-order valence-corrected chi connectivity index (χ3v) is 9.07. The highest BCUT2D eigenvalue weighted by Crippen LogP contribution is 2.60. The Hall–Kier alpha value is -4.00. The summed E-state index contributed by atoms with van der Waals surface area (Å²) in [6.45, 7) is 0.508. The zero-order valence-corrected chi connectivity index (χ0v) is 21.7. The van der Waals surface area contributed by atoms with Crippen molar-refractivity contribution in [2.24, 2.45) is 28.3 Å². The van der Waals surface area contributed by atoms with Crippen LogP contribution >= 0.6 is 0 Å². The normalized spacial score (nSPS) is 25.8. The van der Waals surface area contributed by atoms with Crippen LogP contribution < -0.4 is 21.9 Å². The van der Waals surface area contributed by atoms with E-state index in [1.807, 2.05) is 48.5 Å². The van der Waals surface area contributed by atoms with Gasteiger partial charge in [0.2, 0.25) is 5.36 Å². The lowest BCUT2D eigenvalue weighted by Gasteiger charge is -2.57. The van der Waals surface area contributed by atoms with Gasteiger partial charge in [0.1, 0.15) is 5.82 Å². The molecule has 1 N–H and O–H groups in total. The largest absolute Gasteiger partial charge is 0.304 e. The van der Waals surface area contributed by atoms with Crippen molar-refractivity contribution in [1.29, 1.82) is 0 Å². The van der Waals surface area contributed by atoms with Gasteiger partial charge in [-0.15, -0.1) is 0 Å². The van der Waals surface area contributed by atoms with E-state index in [0.717, 1.165) is 19.3 Å². The summed E-state index contributed by atoms with van der Waals surface area (Å²) in [5.74, 6) is 1.66. The number of rotatable bonds is 5. The molecule has 4 aliphatic carbocycles. The average Bonchev–Trinajstić information content (AvgIpc) is 3.00. The van der Waals surface area contributed by atoms with Crippen LogP contribution in [-0.4, -0.2) is 9.13 Å². The smallest absolute Gasteiger partial charge is 0.289 e. The van der Waals surface area contributed by atoms with Gasteiger partial charge in [0.15, 0.2) is 0 Å². The second-order valence-corrected chi connectivity index (χ2v) is 11.9. The number of benzene rings is 3. The molecule has 0 atom stereocenters. The van der Waals surface area contributed by atoms with Crippen molar-refractivity contribution < 1.29 is 4.39 Å². The molecule has 4 aromatic rings. The summed E-state index contributed by atoms with van der Waals surface area (Å²) < 4.78 is 17.9. The van der Waals surface area contributed by atoms with Crippen molar-refractivity contribution in [3.8, 4) is 5.69 Å². The summed E-state index contributed by atoms with van der Waals surface area (Å²) in [5, 5.41) is 4.17. The summed E-state index contributed by atoms with van der Waals surface area (Å²) in [6, 6.07) is 22.7. The van der Waals surface area contributed by atoms with Crippen molar-refractivity contribution in [2.75, 3.05) is 5.43 Å². The molecule has 0 amide bonds. The molecule has 4 fully saturated rings. The maximum atomic E-state index is 14.8. The summed E-state index contributed by atoms with van der Waals surface area (Å²) in [5.41, 5.74) is 3.99. The third kappa shape index (κ3) is 4.30. The van der Waals surface area contributed by atoms with Gasteiger partial charge in [-0.25, -0.2) is 4.39 Å². The van der Waals surface area contributed by atoms with Crippen LogP contribution in [-0.2, 0) is 6.54 Å². The molecule has 4 aliphatic rings. The topological polar surface area (TPSA) is 68.4 Å². The van der Waals surface area contributed by atoms with E-state index in [-0.39, 0.29) is 10.8 Å². The summed E-state index contributed by atoms with van der Waals surface area (Å²) in [6.07, 6.45) is 7.19. The molecule has 0 saturated heterocycles. The fraction of sp³-hybridized carbons (Fsp3) is 0.344. The first-order valence-corrected chi connectivity index (χ1v) is 13.9. The maximum Gasteiger partial charge on any atom is 0.289 e. The zero-order valence-electron chi connectivity index (χ0n) is 21.7. The number of anilines is 1. The van der Waals surface area contributed by atoms with E-state index < -0.39 is 16.9 Å². The lowest BCUT2D eigenvalue weighted by atomic mass is 9.49. The lowest BCUT2D eigenvalue weighted by Crippen LogP contribution is -2.51. The minimum absolute atomic E-state index is 0.0129. The van der Waals surface area contributed by atoms with Gasteiger partial charge < -0.3 is 4.57 Å². The molecule has 7 heteroatoms. The Labute approximate surface area is 225 Å². The summed E-state index contributed by atoms with van der Waals surface area (Å²) >= 11 is 0. The number of halogens is 1. The second kappa shape index (κ2) is 9.33. The zero-order chi connectivity index (χ0) is 26.6. The van der Waals surface area contributed by atoms with Crippen molar-refractivity contribution in [2.45, 2.75) is 45.1 Å². The molecule has 0 unspecified atom stereocenters. The fourth-order valence-corrected chi connectivity index (χ4v) is 7.99. The molecule has 8 rings (SSSR count). The van der Waals surface area contributed by atoms with Crippen LogP contribution in [0.4, 0.5) is 10.1 Å². The number of hydrogen-bond acceptors (Lipinski definition) is 4. The lowest BCUT2D eigenvalue weighted by molar-refractivity contribution is -0.0617. The van der Waals surface area contributed by atoms with E-state index in [4.69, 9.17) is 0 Å². The van der Waals surface area contributed by atoms with E-state index >= 15 is 0 Å². The first-order valence-electron chi connectivity index (χ1n) is 13.9. The molecule has 0 spiro atoms. The molecule has 0 aliphatic heterocycles. The quantitative estimate of drug-likeness (QED) is 0.355. The number of hydrogen-bond donors (Lipinski definition) is 1. The molecule has 4 saturated carbocycles. The van der Waals surface area contributed by atoms with Gasteiger partial charge in [0.05, 0.1) is 16.7 Å². The van der Waals surface area contributed by atoms with Gasteiger partial charge in [0.25, 0.3) is 11.1 Å². The Bertz CT molecular complexity index is 1710. The van der Waals surface area contributed by atoms with E-state index in [1.165, 1.54) is 36.0 Å². The first-order chi connectivity index (χ1) is 19.0. The summed E-state index contributed by atoms with van der Waals surface area (Å²) in [4.78, 5) is 28.5. The Kier molecular flexibility index (Phi) is 5.76. The van der Waals surface area contributed by atoms with Gasteiger partial charge in [-0.1, -0.05) is 36.4 Å². The molecular formula is C32H31FN4O2. The van der Waals surface area contributed by atoms with Gasteiger partial charge in [-0.3, -0.25) is 19.6 Å². The van der Waals surface area contributed by atoms with E-state index in [2.05, 4.69) is 10.5 Å². The Balaban J connectivity index is 1.51. The highest BCUT2D eigenvalue weighted by atomic mass is 19.1. The Morgan fingerprint density at radius 3 is 2.05 bits per heavy atom. The maximum absolute atomic E-state index is 14.8. The van der Waals surface area contributed by atoms with Gasteiger partial charge in [-0.05, 0) is 98.1 Å². The molecule has 39 heavy (non-hydrogen) atoms. The number of para-hydroxylation sites is 2. The van der Waals surface area contributed by atoms with Crippen molar-refractivity contribution in [3.05, 3.63) is 111 Å². The molecule has 1 heterocycles. The molecule has 1 aromatic heterocycles. The SMILES string of the molecule is O=c1c(=NNc2ccccc2)c(=O)n(-c2ccccc2)c2cc(F)ccc2n1CC12CC3CC(CC(C3)C1)C2. The Morgan fingerprint density at radius 2 is 1.41 bits per heavy atom. The van der Waals surface area contributed by atoms with Crippen LogP contribution in [0.3, 0.4) is 0 Å². The van der Waals surface area contributed by atoms with Crippen LogP contribution in [0, 0.1) is 29.0 Å². The second-order valence-electron chi connectivity index (χ2n) is 11.9. The van der Waals surface area contributed by atoms with Crippen molar-refractivity contribution in [1.82, 2.24) is 9.13 Å². The van der Waals surface area contributed by atoms with Gasteiger partial charge in [0, 0.05) is 18.3 Å². The van der Waals surface area contributed by atoms with Crippen LogP contribution in [0.5, 0.6) is 0 Å². The predicted octanol–water partition coefficient (Wildman–Crippen LogP) is 5.44. The highest BCUT2D eigenvalue weighted by molar-refractivity contribution is 5.77. The van der Waals surface area contributed by atoms with Gasteiger partial charge >= 0.3 is 0 Å². The molecule has 3 aromatic carbocycles. The molecule has 0 radical (unpaired) electrons. The first kappa shape index (κ1) is 24.1. The molecule has 4 bridgehead atoms. The predicted molar refractivity (Wildman–Crippen MR) is 150 cm³/mol. The van der Waals surface area contributed by atoms with Crippen molar-refractivity contribution in [3.63, 3.8) is 0 Å². The Morgan fingerprint density at radius 1 is 0.795 bits per heavy atom. The third-order valence-electron chi connectivity index (χ3n) is 9.07. The fourth-order valence-electron chi connectivity index (χ4n) is 7.99. The number of aromatic nitrogens is 2. The molecule has 6 nitrogen and oxygen atoms in total. The monoisotopic (exact) mass is 522 g/mol. The standard InChI is InChI=1S/C32H31FN4O2/c33-24-11-12-27-28(16-24)37(26-9-5-2-6-10-26)31(39)29(35-34-25-7-3-1-4-8-25)30(38)36(27)20-32-17-21-13-22(18-32)15-23(14-21)19-32/h1-12,16,21-23,34H,13-15,17-20H2. The van der Waals surface area contributed by atoms with Gasteiger partial charge in [-0.2, -0.15) is 5.10 Å². The van der Waals surface area contributed by atoms with Crippen LogP contribution in [0.25, 0.3) is 16.7 Å². The molecular weight excluding hydrogens is 491 g/mol. The highest BCUT2D eigenvalue weighted by Gasteiger charge is 2.51. The number of nitrogens with zero attached hydrogens (tertiary/aromatic N) is 3. The van der Waals surface area contributed by atoms with Crippen LogP contribution in [0.1, 0.15) is 38.5 Å². The molecule has 198 valence electrons. The minimum atomic E-state index is -0.588. The van der Waals surface area contributed by atoms with E-state index in [9.17, 15) is 14.0 Å². The number of fused-ring (bicyclic) bond motifs is 1. The average molecular weight is 523 g/mol. The number of nitrogens with one attached hydrogen (secondary N) is 1. The minimum Gasteiger partial charge on any atom is -0.304 e. The van der Waals surface area contributed by atoms with Crippen LogP contribution in [0.2, 0.25) is 0 Å². The van der Waals surface area contributed by atoms with E-state index in [1.54, 1.807) is 22.8 Å².